The van der Waals surface area contributed by atoms with Gasteiger partial charge >= 0.3 is 0 Å². The second-order valence-electron chi connectivity index (χ2n) is 4.64. The summed E-state index contributed by atoms with van der Waals surface area (Å²) in [6.07, 6.45) is 0.682. The Morgan fingerprint density at radius 1 is 0.947 bits per heavy atom. The molecule has 0 heterocycles. The van der Waals surface area contributed by atoms with Crippen LogP contribution in [0.4, 0.5) is 10.1 Å². The number of rotatable bonds is 3. The van der Waals surface area contributed by atoms with Crippen molar-refractivity contribution in [1.82, 2.24) is 0 Å². The third-order valence-electron chi connectivity index (χ3n) is 3.53. The number of nitrogens with zero attached hydrogens (tertiary/aromatic N) is 1. The summed E-state index contributed by atoms with van der Waals surface area (Å²) in [4.78, 5) is 1.45. The highest BCUT2D eigenvalue weighted by Gasteiger charge is 2.19. The highest BCUT2D eigenvalue weighted by molar-refractivity contribution is 5.78. The molecule has 0 radical (unpaired) electrons. The van der Waals surface area contributed by atoms with Gasteiger partial charge in [0, 0.05) is 5.69 Å². The summed E-state index contributed by atoms with van der Waals surface area (Å²) in [7, 11) is 0. The Balaban J connectivity index is 2.03. The quantitative estimate of drug-likeness (QED) is 0.708. The van der Waals surface area contributed by atoms with Gasteiger partial charge in [-0.3, -0.25) is 0 Å². The van der Waals surface area contributed by atoms with E-state index in [4.69, 9.17) is 10.2 Å². The molecule has 3 nitrogen and oxygen atoms in total. The van der Waals surface area contributed by atoms with E-state index in [0.717, 1.165) is 27.9 Å². The Morgan fingerprint density at radius 2 is 1.58 bits per heavy atom. The van der Waals surface area contributed by atoms with Crippen LogP contribution in [-0.4, -0.2) is 23.7 Å². The van der Waals surface area contributed by atoms with E-state index in [1.54, 1.807) is 12.1 Å². The predicted molar refractivity (Wildman–Crippen MR) is 71.3 cm³/mol. The van der Waals surface area contributed by atoms with Crippen molar-refractivity contribution in [3.8, 4) is 11.1 Å². The monoisotopic (exact) mass is 259 g/mol. The molecule has 3 rings (SSSR count). The molecule has 0 unspecified atom stereocenters. The maximum atomic E-state index is 13.2. The predicted octanol–water partition coefficient (Wildman–Crippen LogP) is 2.10. The number of aliphatic hydroxyl groups is 2. The lowest BCUT2D eigenvalue weighted by Crippen LogP contribution is -2.24. The first-order valence-corrected chi connectivity index (χ1v) is 6.11. The van der Waals surface area contributed by atoms with Gasteiger partial charge in [-0.25, -0.2) is 4.39 Å². The van der Waals surface area contributed by atoms with Gasteiger partial charge in [0.25, 0.3) is 0 Å². The Morgan fingerprint density at radius 3 is 2.26 bits per heavy atom. The first-order valence-electron chi connectivity index (χ1n) is 6.11. The molecule has 2 N–H and O–H groups in total. The molecule has 2 aromatic rings. The number of anilines is 1. The molecular formula is C15H14FNO2. The molecule has 2 aromatic carbocycles. The van der Waals surface area contributed by atoms with Crippen molar-refractivity contribution in [3.05, 3.63) is 53.3 Å². The van der Waals surface area contributed by atoms with Gasteiger partial charge < -0.3 is 15.1 Å². The van der Waals surface area contributed by atoms with Gasteiger partial charge in [0.1, 0.15) is 19.3 Å². The first-order chi connectivity index (χ1) is 9.22. The highest BCUT2D eigenvalue weighted by Crippen LogP contribution is 2.38. The number of hydrogen-bond donors (Lipinski definition) is 2. The smallest absolute Gasteiger partial charge is 0.123 e. The summed E-state index contributed by atoms with van der Waals surface area (Å²) in [5, 5.41) is 18.3. The van der Waals surface area contributed by atoms with Gasteiger partial charge in [0.2, 0.25) is 0 Å². The van der Waals surface area contributed by atoms with Crippen molar-refractivity contribution in [2.45, 2.75) is 6.42 Å². The van der Waals surface area contributed by atoms with E-state index < -0.39 is 0 Å². The van der Waals surface area contributed by atoms with E-state index in [2.05, 4.69) is 0 Å². The molecule has 1 aliphatic rings. The lowest BCUT2D eigenvalue weighted by Gasteiger charge is -2.19. The van der Waals surface area contributed by atoms with E-state index in [1.807, 2.05) is 18.2 Å². The largest absolute Gasteiger partial charge is 0.376 e. The van der Waals surface area contributed by atoms with Crippen LogP contribution < -0.4 is 4.90 Å². The van der Waals surface area contributed by atoms with Gasteiger partial charge in [0.15, 0.2) is 0 Å². The maximum absolute atomic E-state index is 13.2. The minimum absolute atomic E-state index is 0.223. The van der Waals surface area contributed by atoms with Gasteiger partial charge in [-0.1, -0.05) is 12.1 Å². The standard InChI is InChI=1S/C15H14FNO2/c16-12-1-3-14-10(6-12)5-11-7-13(2-4-15(11)14)17(8-18)9-19/h1-4,6-7,18-19H,5,8-9H2. The highest BCUT2D eigenvalue weighted by atomic mass is 19.1. The lowest BCUT2D eigenvalue weighted by atomic mass is 10.1. The minimum Gasteiger partial charge on any atom is -0.376 e. The van der Waals surface area contributed by atoms with Crippen LogP contribution in [0.3, 0.4) is 0 Å². The molecule has 0 aromatic heterocycles. The Hall–Kier alpha value is -1.91. The van der Waals surface area contributed by atoms with Gasteiger partial charge in [-0.15, -0.1) is 0 Å². The molecule has 0 spiro atoms. The summed E-state index contributed by atoms with van der Waals surface area (Å²) >= 11 is 0. The number of aliphatic hydroxyl groups excluding tert-OH is 2. The van der Waals surface area contributed by atoms with Crippen LogP contribution in [0.25, 0.3) is 11.1 Å². The normalized spacial score (nSPS) is 12.2. The van der Waals surface area contributed by atoms with Crippen LogP contribution in [0, 0.1) is 5.82 Å². The second kappa shape index (κ2) is 4.64. The van der Waals surface area contributed by atoms with E-state index >= 15 is 0 Å². The van der Waals surface area contributed by atoms with Crippen LogP contribution in [0.15, 0.2) is 36.4 Å². The molecule has 0 atom stereocenters. The van der Waals surface area contributed by atoms with E-state index in [0.29, 0.717) is 6.42 Å². The van der Waals surface area contributed by atoms with Crippen molar-refractivity contribution >= 4 is 5.69 Å². The third kappa shape index (κ3) is 1.99. The van der Waals surface area contributed by atoms with Crippen LogP contribution in [0.1, 0.15) is 11.1 Å². The number of fused-ring (bicyclic) bond motifs is 3. The summed E-state index contributed by atoms with van der Waals surface area (Å²) < 4.78 is 13.2. The molecular weight excluding hydrogens is 245 g/mol. The molecule has 0 aliphatic heterocycles. The van der Waals surface area contributed by atoms with Crippen LogP contribution >= 0.6 is 0 Å². The van der Waals surface area contributed by atoms with Crippen LogP contribution in [-0.2, 0) is 6.42 Å². The molecule has 19 heavy (non-hydrogen) atoms. The Bertz CT molecular complexity index is 624. The topological polar surface area (TPSA) is 43.7 Å². The summed E-state index contributed by atoms with van der Waals surface area (Å²) in [5.74, 6) is -0.223. The molecule has 0 amide bonds. The van der Waals surface area contributed by atoms with Crippen molar-refractivity contribution in [1.29, 1.82) is 0 Å². The zero-order valence-corrected chi connectivity index (χ0v) is 10.3. The van der Waals surface area contributed by atoms with Crippen LogP contribution in [0.5, 0.6) is 0 Å². The van der Waals surface area contributed by atoms with E-state index in [9.17, 15) is 4.39 Å². The average Bonchev–Trinajstić information content (AvgIpc) is 2.76. The fourth-order valence-corrected chi connectivity index (χ4v) is 2.57. The molecule has 0 saturated heterocycles. The summed E-state index contributed by atoms with van der Waals surface area (Å²) in [6, 6.07) is 10.6. The molecule has 0 fully saturated rings. The SMILES string of the molecule is OCN(CO)c1ccc2c(c1)Cc1cc(F)ccc1-2. The van der Waals surface area contributed by atoms with Gasteiger partial charge in [-0.2, -0.15) is 0 Å². The van der Waals surface area contributed by atoms with Crippen molar-refractivity contribution in [2.24, 2.45) is 0 Å². The maximum Gasteiger partial charge on any atom is 0.123 e. The average molecular weight is 259 g/mol. The number of hydrogen-bond acceptors (Lipinski definition) is 3. The second-order valence-corrected chi connectivity index (χ2v) is 4.64. The zero-order chi connectivity index (χ0) is 13.4. The molecule has 0 saturated carbocycles. The minimum atomic E-state index is -0.239. The first kappa shape index (κ1) is 12.1. The summed E-state index contributed by atoms with van der Waals surface area (Å²) in [5.41, 5.74) is 4.98. The zero-order valence-electron chi connectivity index (χ0n) is 10.3. The molecule has 0 bridgehead atoms. The van der Waals surface area contributed by atoms with E-state index in [-0.39, 0.29) is 19.3 Å². The molecule has 98 valence electrons. The Labute approximate surface area is 110 Å². The molecule has 1 aliphatic carbocycles. The third-order valence-corrected chi connectivity index (χ3v) is 3.53. The van der Waals surface area contributed by atoms with Crippen LogP contribution in [0.2, 0.25) is 0 Å². The number of halogens is 1. The van der Waals surface area contributed by atoms with Gasteiger partial charge in [-0.05, 0) is 52.9 Å². The van der Waals surface area contributed by atoms with Crippen molar-refractivity contribution in [3.63, 3.8) is 0 Å². The summed E-state index contributed by atoms with van der Waals surface area (Å²) in [6.45, 7) is -0.478. The number of benzene rings is 2. The van der Waals surface area contributed by atoms with Crippen molar-refractivity contribution in [2.75, 3.05) is 18.4 Å². The fraction of sp³-hybridized carbons (Fsp3) is 0.200. The lowest BCUT2D eigenvalue weighted by molar-refractivity contribution is 0.223. The van der Waals surface area contributed by atoms with E-state index in [1.165, 1.54) is 11.0 Å². The fourth-order valence-electron chi connectivity index (χ4n) is 2.57. The molecule has 4 heteroatoms. The Kier molecular flexibility index (Phi) is 2.97. The van der Waals surface area contributed by atoms with Gasteiger partial charge in [0.05, 0.1) is 0 Å². The van der Waals surface area contributed by atoms with Crippen molar-refractivity contribution < 1.29 is 14.6 Å².